The highest BCUT2D eigenvalue weighted by atomic mass is 19.1. The molecule has 0 spiro atoms. The molecule has 0 aliphatic carbocycles. The number of fused-ring (bicyclic) bond motifs is 1. The van der Waals surface area contributed by atoms with Crippen molar-refractivity contribution in [2.75, 3.05) is 13.1 Å². The van der Waals surface area contributed by atoms with Gasteiger partial charge in [0.05, 0.1) is 6.20 Å². The second-order valence-corrected chi connectivity index (χ2v) is 8.70. The predicted molar refractivity (Wildman–Crippen MR) is 118 cm³/mol. The van der Waals surface area contributed by atoms with Crippen LogP contribution in [0.3, 0.4) is 0 Å². The molecule has 0 radical (unpaired) electrons. The standard InChI is InChI=1S/C24H27FN6/c1-17(2)30-14-18(12-26-30)13-29-10-4-6-21(15-29)24-27-23-9-8-20(16-31(23)28-24)19-5-3-7-22(25)11-19/h3,5,7-9,11-12,14,16-17,21H,4,6,10,13,15H2,1-2H3. The number of halogens is 1. The van der Waals surface area contributed by atoms with Gasteiger partial charge in [0.15, 0.2) is 11.5 Å². The van der Waals surface area contributed by atoms with Crippen molar-refractivity contribution < 1.29 is 4.39 Å². The van der Waals surface area contributed by atoms with E-state index in [0.29, 0.717) is 12.0 Å². The number of rotatable bonds is 5. The Morgan fingerprint density at radius 2 is 2.03 bits per heavy atom. The summed E-state index contributed by atoms with van der Waals surface area (Å²) in [5, 5.41) is 9.25. The molecule has 31 heavy (non-hydrogen) atoms. The summed E-state index contributed by atoms with van der Waals surface area (Å²) in [4.78, 5) is 7.26. The zero-order valence-corrected chi connectivity index (χ0v) is 17.9. The van der Waals surface area contributed by atoms with Crippen molar-refractivity contribution in [1.82, 2.24) is 29.3 Å². The van der Waals surface area contributed by atoms with E-state index in [1.54, 1.807) is 12.1 Å². The van der Waals surface area contributed by atoms with Crippen LogP contribution in [0.25, 0.3) is 16.8 Å². The molecule has 1 aromatic carbocycles. The van der Waals surface area contributed by atoms with E-state index in [2.05, 4.69) is 30.0 Å². The van der Waals surface area contributed by atoms with E-state index in [0.717, 1.165) is 55.1 Å². The Morgan fingerprint density at radius 1 is 1.13 bits per heavy atom. The topological polar surface area (TPSA) is 51.2 Å². The van der Waals surface area contributed by atoms with Gasteiger partial charge in [-0.2, -0.15) is 10.2 Å². The van der Waals surface area contributed by atoms with E-state index < -0.39 is 0 Å². The Kier molecular flexibility index (Phi) is 5.28. The summed E-state index contributed by atoms with van der Waals surface area (Å²) in [7, 11) is 0. The summed E-state index contributed by atoms with van der Waals surface area (Å²) in [5.74, 6) is 0.962. The van der Waals surface area contributed by atoms with Crippen LogP contribution in [0, 0.1) is 5.82 Å². The first-order chi connectivity index (χ1) is 15.0. The number of pyridine rings is 1. The first-order valence-electron chi connectivity index (χ1n) is 10.9. The van der Waals surface area contributed by atoms with Crippen molar-refractivity contribution in [1.29, 1.82) is 0 Å². The Balaban J connectivity index is 1.33. The number of piperidine rings is 1. The third kappa shape index (κ3) is 4.23. The van der Waals surface area contributed by atoms with Gasteiger partial charge in [-0.3, -0.25) is 9.58 Å². The van der Waals surface area contributed by atoms with E-state index in [1.807, 2.05) is 39.8 Å². The van der Waals surface area contributed by atoms with Gasteiger partial charge in [-0.25, -0.2) is 13.9 Å². The molecule has 0 N–H and O–H groups in total. The van der Waals surface area contributed by atoms with Crippen molar-refractivity contribution in [3.05, 3.63) is 72.2 Å². The molecule has 5 rings (SSSR count). The fraction of sp³-hybridized carbons (Fsp3) is 0.375. The minimum atomic E-state index is -0.238. The highest BCUT2D eigenvalue weighted by Gasteiger charge is 2.25. The first-order valence-corrected chi connectivity index (χ1v) is 10.9. The molecule has 0 amide bonds. The monoisotopic (exact) mass is 418 g/mol. The Hall–Kier alpha value is -3.06. The maximum absolute atomic E-state index is 13.6. The van der Waals surface area contributed by atoms with Gasteiger partial charge in [0, 0.05) is 48.6 Å². The predicted octanol–water partition coefficient (Wildman–Crippen LogP) is 4.69. The Labute approximate surface area is 181 Å². The summed E-state index contributed by atoms with van der Waals surface area (Å²) < 4.78 is 17.4. The first kappa shape index (κ1) is 19.9. The lowest BCUT2D eigenvalue weighted by Crippen LogP contribution is -2.34. The van der Waals surface area contributed by atoms with Crippen LogP contribution >= 0.6 is 0 Å². The average Bonchev–Trinajstić information content (AvgIpc) is 3.40. The fourth-order valence-corrected chi connectivity index (χ4v) is 4.32. The van der Waals surface area contributed by atoms with E-state index >= 15 is 0 Å². The van der Waals surface area contributed by atoms with E-state index in [9.17, 15) is 4.39 Å². The molecule has 1 aliphatic heterocycles. The molecule has 0 saturated carbocycles. The zero-order chi connectivity index (χ0) is 21.4. The van der Waals surface area contributed by atoms with Crippen molar-refractivity contribution in [2.45, 2.75) is 45.2 Å². The molecule has 1 aliphatic rings. The highest BCUT2D eigenvalue weighted by Crippen LogP contribution is 2.27. The molecule has 6 nitrogen and oxygen atoms in total. The molecule has 7 heteroatoms. The molecular formula is C24H27FN6. The lowest BCUT2D eigenvalue weighted by molar-refractivity contribution is 0.196. The Bertz CT molecular complexity index is 1190. The van der Waals surface area contributed by atoms with Gasteiger partial charge in [0.2, 0.25) is 0 Å². The normalized spacial score (nSPS) is 17.6. The van der Waals surface area contributed by atoms with Crippen LogP contribution in [-0.4, -0.2) is 42.4 Å². The Morgan fingerprint density at radius 3 is 2.84 bits per heavy atom. The van der Waals surface area contributed by atoms with Gasteiger partial charge >= 0.3 is 0 Å². The third-order valence-electron chi connectivity index (χ3n) is 5.97. The molecule has 4 aromatic rings. The molecule has 0 bridgehead atoms. The lowest BCUT2D eigenvalue weighted by Gasteiger charge is -2.30. The molecule has 4 heterocycles. The zero-order valence-electron chi connectivity index (χ0n) is 17.9. The molecule has 1 unspecified atom stereocenters. The largest absolute Gasteiger partial charge is 0.298 e. The molecule has 3 aromatic heterocycles. The SMILES string of the molecule is CC(C)n1cc(CN2CCCC(c3nc4ccc(-c5cccc(F)c5)cn4n3)C2)cn1. The van der Waals surface area contributed by atoms with Gasteiger partial charge in [-0.15, -0.1) is 0 Å². The minimum Gasteiger partial charge on any atom is -0.298 e. The maximum atomic E-state index is 13.6. The second kappa shape index (κ2) is 8.23. The third-order valence-corrected chi connectivity index (χ3v) is 5.97. The van der Waals surface area contributed by atoms with Crippen molar-refractivity contribution in [2.24, 2.45) is 0 Å². The number of likely N-dealkylation sites (tertiary alicyclic amines) is 1. The van der Waals surface area contributed by atoms with Crippen molar-refractivity contribution in [3.8, 4) is 11.1 Å². The van der Waals surface area contributed by atoms with Gasteiger partial charge in [0.1, 0.15) is 5.82 Å². The molecular weight excluding hydrogens is 391 g/mol. The number of benzene rings is 1. The fourth-order valence-electron chi connectivity index (χ4n) is 4.32. The van der Waals surface area contributed by atoms with E-state index in [1.165, 1.54) is 11.6 Å². The smallest absolute Gasteiger partial charge is 0.156 e. The van der Waals surface area contributed by atoms with Crippen LogP contribution in [0.4, 0.5) is 4.39 Å². The van der Waals surface area contributed by atoms with Crippen LogP contribution in [0.5, 0.6) is 0 Å². The highest BCUT2D eigenvalue weighted by molar-refractivity contribution is 5.64. The molecule has 1 saturated heterocycles. The van der Waals surface area contributed by atoms with Gasteiger partial charge in [-0.1, -0.05) is 12.1 Å². The van der Waals surface area contributed by atoms with Gasteiger partial charge in [0.25, 0.3) is 0 Å². The summed E-state index contributed by atoms with van der Waals surface area (Å²) >= 11 is 0. The average molecular weight is 419 g/mol. The van der Waals surface area contributed by atoms with E-state index in [4.69, 9.17) is 10.1 Å². The van der Waals surface area contributed by atoms with Crippen molar-refractivity contribution in [3.63, 3.8) is 0 Å². The molecule has 1 atom stereocenters. The van der Waals surface area contributed by atoms with Gasteiger partial charge < -0.3 is 0 Å². The quantitative estimate of drug-likeness (QED) is 0.472. The van der Waals surface area contributed by atoms with Crippen LogP contribution in [0.2, 0.25) is 0 Å². The van der Waals surface area contributed by atoms with Crippen molar-refractivity contribution >= 4 is 5.65 Å². The summed E-state index contributed by atoms with van der Waals surface area (Å²) in [6.07, 6.45) is 8.27. The lowest BCUT2D eigenvalue weighted by atomic mass is 9.97. The van der Waals surface area contributed by atoms with Crippen LogP contribution in [0.15, 0.2) is 55.0 Å². The number of hydrogen-bond donors (Lipinski definition) is 0. The summed E-state index contributed by atoms with van der Waals surface area (Å²) in [6.45, 7) is 7.21. The van der Waals surface area contributed by atoms with Crippen LogP contribution in [-0.2, 0) is 6.54 Å². The maximum Gasteiger partial charge on any atom is 0.156 e. The second-order valence-electron chi connectivity index (χ2n) is 8.70. The van der Waals surface area contributed by atoms with E-state index in [-0.39, 0.29) is 5.82 Å². The molecule has 160 valence electrons. The number of aromatic nitrogens is 5. The van der Waals surface area contributed by atoms with Crippen LogP contribution < -0.4 is 0 Å². The minimum absolute atomic E-state index is 0.238. The molecule has 1 fully saturated rings. The van der Waals surface area contributed by atoms with Gasteiger partial charge in [-0.05, 0) is 63.1 Å². The number of nitrogens with zero attached hydrogens (tertiary/aromatic N) is 6. The summed E-state index contributed by atoms with van der Waals surface area (Å²) in [5.41, 5.74) is 3.84. The van der Waals surface area contributed by atoms with Crippen LogP contribution in [0.1, 0.15) is 50.0 Å². The number of hydrogen-bond acceptors (Lipinski definition) is 4. The summed E-state index contributed by atoms with van der Waals surface area (Å²) in [6, 6.07) is 10.9.